The normalized spacial score (nSPS) is 10.2. The first-order chi connectivity index (χ1) is 9.19. The van der Waals surface area contributed by atoms with Crippen LogP contribution in [0.25, 0.3) is 0 Å². The van der Waals surface area contributed by atoms with E-state index in [1.54, 1.807) is 7.11 Å². The first-order valence-electron chi connectivity index (χ1n) is 5.59. The molecule has 1 aromatic heterocycles. The second-order valence-corrected chi connectivity index (χ2v) is 5.27. The molecule has 0 saturated carbocycles. The Bertz CT molecular complexity index is 556. The van der Waals surface area contributed by atoms with Crippen molar-refractivity contribution in [3.05, 3.63) is 39.3 Å². The number of methoxy groups -OCH3 is 1. The van der Waals surface area contributed by atoms with Crippen LogP contribution < -0.4 is 10.1 Å². The van der Waals surface area contributed by atoms with Gasteiger partial charge in [-0.25, -0.2) is 0 Å². The summed E-state index contributed by atoms with van der Waals surface area (Å²) in [5.41, 5.74) is 1.12. The molecule has 5 nitrogen and oxygen atoms in total. The van der Waals surface area contributed by atoms with Gasteiger partial charge < -0.3 is 10.1 Å². The van der Waals surface area contributed by atoms with Crippen molar-refractivity contribution in [1.29, 1.82) is 0 Å². The van der Waals surface area contributed by atoms with Crippen LogP contribution in [0.15, 0.2) is 24.3 Å². The number of halogens is 1. The number of aromatic nitrogens is 2. The number of amides is 1. The molecule has 2 aromatic rings. The highest BCUT2D eigenvalue weighted by molar-refractivity contribution is 7.17. The van der Waals surface area contributed by atoms with E-state index in [2.05, 4.69) is 15.5 Å². The summed E-state index contributed by atoms with van der Waals surface area (Å²) in [6.45, 7) is 0.530. The molecule has 0 saturated heterocycles. The lowest BCUT2D eigenvalue weighted by Crippen LogP contribution is -2.25. The summed E-state index contributed by atoms with van der Waals surface area (Å²) < 4.78 is 5.34. The van der Waals surface area contributed by atoms with Crippen LogP contribution in [-0.2, 0) is 6.42 Å². The van der Waals surface area contributed by atoms with E-state index in [9.17, 15) is 4.79 Å². The van der Waals surface area contributed by atoms with Crippen LogP contribution in [0, 0.1) is 0 Å². The molecule has 2 rings (SSSR count). The first kappa shape index (κ1) is 13.8. The Morgan fingerprint density at radius 2 is 2.11 bits per heavy atom. The number of carbonyl (C=O) groups is 1. The minimum Gasteiger partial charge on any atom is -0.497 e. The molecule has 0 radical (unpaired) electrons. The van der Waals surface area contributed by atoms with E-state index < -0.39 is 0 Å². The summed E-state index contributed by atoms with van der Waals surface area (Å²) in [7, 11) is 1.63. The second kappa shape index (κ2) is 6.49. The average molecular weight is 298 g/mol. The van der Waals surface area contributed by atoms with Gasteiger partial charge in [-0.15, -0.1) is 10.2 Å². The Balaban J connectivity index is 1.81. The van der Waals surface area contributed by atoms with Gasteiger partial charge in [-0.3, -0.25) is 4.79 Å². The highest BCUT2D eigenvalue weighted by atomic mass is 35.5. The molecule has 1 amide bonds. The van der Waals surface area contributed by atoms with Crippen LogP contribution in [0.4, 0.5) is 0 Å². The zero-order valence-electron chi connectivity index (χ0n) is 10.2. The lowest BCUT2D eigenvalue weighted by atomic mass is 10.1. The molecule has 0 aliphatic heterocycles. The summed E-state index contributed by atoms with van der Waals surface area (Å²) >= 11 is 6.68. The lowest BCUT2D eigenvalue weighted by Gasteiger charge is -2.04. The number of carbonyl (C=O) groups excluding carboxylic acids is 1. The fourth-order valence-electron chi connectivity index (χ4n) is 1.49. The lowest BCUT2D eigenvalue weighted by molar-refractivity contribution is 0.0953. The molecule has 19 heavy (non-hydrogen) atoms. The number of benzene rings is 1. The third kappa shape index (κ3) is 3.90. The Morgan fingerprint density at radius 3 is 2.68 bits per heavy atom. The monoisotopic (exact) mass is 297 g/mol. The van der Waals surface area contributed by atoms with Crippen molar-refractivity contribution >= 4 is 28.8 Å². The molecule has 0 bridgehead atoms. The maximum Gasteiger partial charge on any atom is 0.282 e. The minimum atomic E-state index is -0.252. The predicted molar refractivity (Wildman–Crippen MR) is 74.0 cm³/mol. The summed E-state index contributed by atoms with van der Waals surface area (Å²) in [5.74, 6) is 0.564. The molecule has 7 heteroatoms. The number of rotatable bonds is 5. The molecular weight excluding hydrogens is 286 g/mol. The maximum atomic E-state index is 11.7. The second-order valence-electron chi connectivity index (χ2n) is 3.71. The minimum absolute atomic E-state index is 0.252. The Kier molecular flexibility index (Phi) is 4.70. The van der Waals surface area contributed by atoms with E-state index in [4.69, 9.17) is 16.3 Å². The van der Waals surface area contributed by atoms with E-state index in [0.717, 1.165) is 29.1 Å². The first-order valence-corrected chi connectivity index (χ1v) is 6.78. The predicted octanol–water partition coefficient (Wildman–Crippen LogP) is 2.17. The third-order valence-corrected chi connectivity index (χ3v) is 3.47. The van der Waals surface area contributed by atoms with Crippen molar-refractivity contribution in [2.75, 3.05) is 13.7 Å². The van der Waals surface area contributed by atoms with Gasteiger partial charge >= 0.3 is 0 Å². The quantitative estimate of drug-likeness (QED) is 0.918. The maximum absolute atomic E-state index is 11.7. The molecule has 1 heterocycles. The van der Waals surface area contributed by atoms with Crippen molar-refractivity contribution in [3.63, 3.8) is 0 Å². The molecule has 0 aliphatic rings. The van der Waals surface area contributed by atoms with Gasteiger partial charge in [0.2, 0.25) is 9.47 Å². The number of nitrogens with zero attached hydrogens (tertiary/aromatic N) is 2. The third-order valence-electron chi connectivity index (χ3n) is 2.45. The largest absolute Gasteiger partial charge is 0.497 e. The molecule has 0 aliphatic carbocycles. The Labute approximate surface area is 119 Å². The summed E-state index contributed by atoms with van der Waals surface area (Å²) in [5, 5.41) is 10.3. The van der Waals surface area contributed by atoms with Crippen molar-refractivity contribution in [3.8, 4) is 5.75 Å². The van der Waals surface area contributed by atoms with Gasteiger partial charge in [0.25, 0.3) is 5.91 Å². The van der Waals surface area contributed by atoms with Crippen LogP contribution in [0.3, 0.4) is 0 Å². The highest BCUT2D eigenvalue weighted by Crippen LogP contribution is 2.14. The SMILES string of the molecule is COc1ccc(CCNC(=O)c2nnc(Cl)s2)cc1. The van der Waals surface area contributed by atoms with Crippen molar-refractivity contribution in [2.24, 2.45) is 0 Å². The summed E-state index contributed by atoms with van der Waals surface area (Å²) in [6, 6.07) is 7.71. The van der Waals surface area contributed by atoms with Gasteiger partial charge in [0, 0.05) is 6.54 Å². The van der Waals surface area contributed by atoms with E-state index in [0.29, 0.717) is 6.54 Å². The standard InChI is InChI=1S/C12H12ClN3O2S/c1-18-9-4-2-8(3-5-9)6-7-14-10(17)11-15-16-12(13)19-11/h2-5H,6-7H2,1H3,(H,14,17). The smallest absolute Gasteiger partial charge is 0.282 e. The van der Waals surface area contributed by atoms with Gasteiger partial charge in [-0.05, 0) is 35.7 Å². The fourth-order valence-corrected chi connectivity index (χ4v) is 2.23. The van der Waals surface area contributed by atoms with Gasteiger partial charge in [0.15, 0.2) is 0 Å². The van der Waals surface area contributed by atoms with Crippen LogP contribution in [0.2, 0.25) is 4.47 Å². The van der Waals surface area contributed by atoms with Crippen LogP contribution >= 0.6 is 22.9 Å². The molecule has 1 N–H and O–H groups in total. The number of ether oxygens (including phenoxy) is 1. The number of nitrogens with one attached hydrogen (secondary N) is 1. The molecule has 1 aromatic carbocycles. The molecular formula is C12H12ClN3O2S. The number of hydrogen-bond acceptors (Lipinski definition) is 5. The molecule has 0 fully saturated rings. The van der Waals surface area contributed by atoms with Crippen molar-refractivity contribution < 1.29 is 9.53 Å². The summed E-state index contributed by atoms with van der Waals surface area (Å²) in [4.78, 5) is 11.7. The summed E-state index contributed by atoms with van der Waals surface area (Å²) in [6.07, 6.45) is 0.738. The van der Waals surface area contributed by atoms with Gasteiger partial charge in [0.1, 0.15) is 5.75 Å². The molecule has 0 unspecified atom stereocenters. The van der Waals surface area contributed by atoms with E-state index in [-0.39, 0.29) is 15.4 Å². The van der Waals surface area contributed by atoms with Crippen molar-refractivity contribution in [2.45, 2.75) is 6.42 Å². The number of hydrogen-bond donors (Lipinski definition) is 1. The Morgan fingerprint density at radius 1 is 1.37 bits per heavy atom. The average Bonchev–Trinajstić information content (AvgIpc) is 2.86. The molecule has 100 valence electrons. The van der Waals surface area contributed by atoms with Crippen LogP contribution in [0.1, 0.15) is 15.4 Å². The fraction of sp³-hybridized carbons (Fsp3) is 0.250. The van der Waals surface area contributed by atoms with Gasteiger partial charge in [-0.1, -0.05) is 23.5 Å². The van der Waals surface area contributed by atoms with E-state index >= 15 is 0 Å². The van der Waals surface area contributed by atoms with E-state index in [1.165, 1.54) is 0 Å². The van der Waals surface area contributed by atoms with Crippen molar-refractivity contribution in [1.82, 2.24) is 15.5 Å². The van der Waals surface area contributed by atoms with Crippen LogP contribution in [0.5, 0.6) is 5.75 Å². The zero-order valence-corrected chi connectivity index (χ0v) is 11.8. The van der Waals surface area contributed by atoms with Gasteiger partial charge in [-0.2, -0.15) is 0 Å². The zero-order chi connectivity index (χ0) is 13.7. The molecule has 0 spiro atoms. The topological polar surface area (TPSA) is 64.1 Å². The van der Waals surface area contributed by atoms with Gasteiger partial charge in [0.05, 0.1) is 7.11 Å². The Hall–Kier alpha value is -1.66. The molecule has 0 atom stereocenters. The van der Waals surface area contributed by atoms with Crippen LogP contribution in [-0.4, -0.2) is 29.8 Å². The highest BCUT2D eigenvalue weighted by Gasteiger charge is 2.10. The van der Waals surface area contributed by atoms with E-state index in [1.807, 2.05) is 24.3 Å².